The summed E-state index contributed by atoms with van der Waals surface area (Å²) in [6.07, 6.45) is 9.20. The van der Waals surface area contributed by atoms with Crippen LogP contribution in [0.5, 0.6) is 0 Å². The van der Waals surface area contributed by atoms with Gasteiger partial charge >= 0.3 is 0 Å². The van der Waals surface area contributed by atoms with Crippen LogP contribution in [0.15, 0.2) is 24.8 Å². The Labute approximate surface area is 133 Å². The molecule has 2 bridgehead atoms. The molecule has 2 aliphatic rings. The van der Waals surface area contributed by atoms with Crippen LogP contribution in [-0.4, -0.2) is 42.4 Å². The number of carbonyl (C=O) groups excluding carboxylic acids is 1. The molecule has 0 spiro atoms. The molecule has 0 amide bonds. The van der Waals surface area contributed by atoms with E-state index in [0.29, 0.717) is 32.5 Å². The molecule has 2 heterocycles. The van der Waals surface area contributed by atoms with E-state index in [1.807, 2.05) is 13.0 Å². The molecule has 4 nitrogen and oxygen atoms in total. The summed E-state index contributed by atoms with van der Waals surface area (Å²) in [6, 6.07) is 0. The van der Waals surface area contributed by atoms with Gasteiger partial charge in [-0.15, -0.1) is 6.58 Å². The van der Waals surface area contributed by atoms with Gasteiger partial charge in [-0.1, -0.05) is 18.2 Å². The molecule has 0 aromatic heterocycles. The van der Waals surface area contributed by atoms with Gasteiger partial charge in [0, 0.05) is 31.3 Å². The lowest BCUT2D eigenvalue weighted by Gasteiger charge is -2.25. The second-order valence-corrected chi connectivity index (χ2v) is 6.20. The molecule has 124 valence electrons. The van der Waals surface area contributed by atoms with Gasteiger partial charge in [-0.25, -0.2) is 0 Å². The van der Waals surface area contributed by atoms with E-state index in [4.69, 9.17) is 9.47 Å². The van der Waals surface area contributed by atoms with Gasteiger partial charge in [0.05, 0.1) is 24.9 Å². The van der Waals surface area contributed by atoms with E-state index in [1.54, 1.807) is 6.08 Å². The van der Waals surface area contributed by atoms with Gasteiger partial charge in [0.25, 0.3) is 0 Å². The molecule has 5 atom stereocenters. The van der Waals surface area contributed by atoms with Crippen molar-refractivity contribution in [3.8, 4) is 0 Å². The normalized spacial score (nSPS) is 31.7. The molecule has 2 fully saturated rings. The molecular formula is C18H28O4. The third-order valence-corrected chi connectivity index (χ3v) is 4.64. The SMILES string of the molecule is C=CCC(O)C=C[C@H]1[C@@H](CC(=O)CCOCC)[C@H]2CC[C@@H]1O2. The molecule has 0 saturated carbocycles. The Morgan fingerprint density at radius 2 is 2.23 bits per heavy atom. The first-order valence-electron chi connectivity index (χ1n) is 8.37. The van der Waals surface area contributed by atoms with Crippen LogP contribution in [-0.2, 0) is 14.3 Å². The van der Waals surface area contributed by atoms with Crippen molar-refractivity contribution >= 4 is 5.78 Å². The summed E-state index contributed by atoms with van der Waals surface area (Å²) < 4.78 is 11.2. The number of hydrogen-bond donors (Lipinski definition) is 1. The molecule has 22 heavy (non-hydrogen) atoms. The van der Waals surface area contributed by atoms with Crippen LogP contribution >= 0.6 is 0 Å². The molecule has 2 aliphatic heterocycles. The van der Waals surface area contributed by atoms with E-state index >= 15 is 0 Å². The van der Waals surface area contributed by atoms with Gasteiger partial charge in [0.2, 0.25) is 0 Å². The van der Waals surface area contributed by atoms with E-state index in [-0.39, 0.29) is 29.8 Å². The summed E-state index contributed by atoms with van der Waals surface area (Å²) in [6.45, 7) is 6.73. The lowest BCUT2D eigenvalue weighted by Crippen LogP contribution is -2.28. The largest absolute Gasteiger partial charge is 0.389 e. The number of carbonyl (C=O) groups is 1. The van der Waals surface area contributed by atoms with Crippen molar-refractivity contribution in [3.63, 3.8) is 0 Å². The number of aliphatic hydroxyl groups is 1. The summed E-state index contributed by atoms with van der Waals surface area (Å²) in [7, 11) is 0. The molecule has 0 aromatic carbocycles. The number of rotatable bonds is 10. The molecule has 2 rings (SSSR count). The quantitative estimate of drug-likeness (QED) is 0.498. The Morgan fingerprint density at radius 1 is 1.45 bits per heavy atom. The minimum atomic E-state index is -0.495. The van der Waals surface area contributed by atoms with E-state index in [0.717, 1.165) is 12.8 Å². The van der Waals surface area contributed by atoms with Crippen molar-refractivity contribution in [1.82, 2.24) is 0 Å². The van der Waals surface area contributed by atoms with Crippen molar-refractivity contribution in [3.05, 3.63) is 24.8 Å². The minimum Gasteiger partial charge on any atom is -0.389 e. The molecule has 2 saturated heterocycles. The van der Waals surface area contributed by atoms with Crippen LogP contribution in [0.25, 0.3) is 0 Å². The average Bonchev–Trinajstić information content (AvgIpc) is 3.07. The highest BCUT2D eigenvalue weighted by Gasteiger charge is 2.47. The van der Waals surface area contributed by atoms with Crippen LogP contribution in [0.3, 0.4) is 0 Å². The molecular weight excluding hydrogens is 280 g/mol. The highest BCUT2D eigenvalue weighted by atomic mass is 16.5. The predicted octanol–water partition coefficient (Wildman–Crippen LogP) is 2.66. The van der Waals surface area contributed by atoms with Gasteiger partial charge in [-0.2, -0.15) is 0 Å². The first kappa shape index (κ1) is 17.4. The lowest BCUT2D eigenvalue weighted by atomic mass is 9.76. The fourth-order valence-electron chi connectivity index (χ4n) is 3.55. The van der Waals surface area contributed by atoms with Gasteiger partial charge in [0.15, 0.2) is 0 Å². The standard InChI is InChI=1S/C18H28O4/c1-3-5-13(19)6-7-15-16(18-9-8-17(15)22-18)12-14(20)10-11-21-4-2/h3,6-7,13,15-19H,1,4-5,8-12H2,2H3/t13?,15-,16+,17-,18+/m0/s1. The lowest BCUT2D eigenvalue weighted by molar-refractivity contribution is -0.121. The van der Waals surface area contributed by atoms with E-state index < -0.39 is 6.10 Å². The fraction of sp³-hybridized carbons (Fsp3) is 0.722. The zero-order valence-electron chi connectivity index (χ0n) is 13.4. The summed E-state index contributed by atoms with van der Waals surface area (Å²) in [5.41, 5.74) is 0. The van der Waals surface area contributed by atoms with E-state index in [9.17, 15) is 9.90 Å². The number of hydrogen-bond acceptors (Lipinski definition) is 4. The second-order valence-electron chi connectivity index (χ2n) is 6.20. The molecule has 1 N–H and O–H groups in total. The second kappa shape index (κ2) is 8.61. The molecule has 0 aromatic rings. The third-order valence-electron chi connectivity index (χ3n) is 4.64. The summed E-state index contributed by atoms with van der Waals surface area (Å²) >= 11 is 0. The maximum Gasteiger partial charge on any atom is 0.135 e. The Bertz CT molecular complexity index is 404. The highest BCUT2D eigenvalue weighted by molar-refractivity contribution is 5.78. The molecule has 0 radical (unpaired) electrons. The van der Waals surface area contributed by atoms with Crippen molar-refractivity contribution in [2.75, 3.05) is 13.2 Å². The summed E-state index contributed by atoms with van der Waals surface area (Å²) in [5.74, 6) is 0.744. The van der Waals surface area contributed by atoms with Crippen LogP contribution in [0, 0.1) is 11.8 Å². The van der Waals surface area contributed by atoms with E-state index in [2.05, 4.69) is 12.7 Å². The minimum absolute atomic E-state index is 0.201. The first-order chi connectivity index (χ1) is 10.7. The maximum absolute atomic E-state index is 12.1. The summed E-state index contributed by atoms with van der Waals surface area (Å²) in [4.78, 5) is 12.1. The number of fused-ring (bicyclic) bond motifs is 2. The Hall–Kier alpha value is -0.970. The Kier molecular flexibility index (Phi) is 6.80. The number of ketones is 1. The van der Waals surface area contributed by atoms with E-state index in [1.165, 1.54) is 0 Å². The maximum atomic E-state index is 12.1. The van der Waals surface area contributed by atoms with Gasteiger partial charge < -0.3 is 14.6 Å². The number of aliphatic hydroxyl groups excluding tert-OH is 1. The Morgan fingerprint density at radius 3 is 2.95 bits per heavy atom. The van der Waals surface area contributed by atoms with Crippen molar-refractivity contribution in [2.24, 2.45) is 11.8 Å². The predicted molar refractivity (Wildman–Crippen MR) is 85.6 cm³/mol. The van der Waals surface area contributed by atoms with Crippen LogP contribution in [0.1, 0.15) is 39.0 Å². The average molecular weight is 308 g/mol. The number of Topliss-reactive ketones (excluding diaryl/α,β-unsaturated/α-hetero) is 1. The van der Waals surface area contributed by atoms with Crippen molar-refractivity contribution in [2.45, 2.75) is 57.3 Å². The van der Waals surface area contributed by atoms with Crippen LogP contribution in [0.4, 0.5) is 0 Å². The van der Waals surface area contributed by atoms with Gasteiger partial charge in [-0.05, 0) is 26.2 Å². The fourth-order valence-corrected chi connectivity index (χ4v) is 3.55. The van der Waals surface area contributed by atoms with Gasteiger partial charge in [0.1, 0.15) is 5.78 Å². The molecule has 1 unspecified atom stereocenters. The van der Waals surface area contributed by atoms with Crippen LogP contribution in [0.2, 0.25) is 0 Å². The highest BCUT2D eigenvalue weighted by Crippen LogP contribution is 2.45. The topological polar surface area (TPSA) is 55.8 Å². The molecule has 4 heteroatoms. The number of ether oxygens (including phenoxy) is 2. The Balaban J connectivity index is 1.90. The zero-order chi connectivity index (χ0) is 15.9. The third kappa shape index (κ3) is 4.51. The van der Waals surface area contributed by atoms with Crippen molar-refractivity contribution in [1.29, 1.82) is 0 Å². The van der Waals surface area contributed by atoms with Gasteiger partial charge in [-0.3, -0.25) is 4.79 Å². The first-order valence-corrected chi connectivity index (χ1v) is 8.37. The summed E-state index contributed by atoms with van der Waals surface area (Å²) in [5, 5.41) is 9.81. The monoisotopic (exact) mass is 308 g/mol. The smallest absolute Gasteiger partial charge is 0.135 e. The van der Waals surface area contributed by atoms with Crippen LogP contribution < -0.4 is 0 Å². The zero-order valence-corrected chi connectivity index (χ0v) is 13.4. The molecule has 0 aliphatic carbocycles. The van der Waals surface area contributed by atoms with Crippen molar-refractivity contribution < 1.29 is 19.4 Å².